The van der Waals surface area contributed by atoms with Crippen LogP contribution in [-0.2, 0) is 33.2 Å². The van der Waals surface area contributed by atoms with E-state index in [4.69, 9.17) is 33.2 Å². The van der Waals surface area contributed by atoms with Crippen LogP contribution in [0.1, 0.15) is 92.4 Å². The number of aliphatic hydroxyl groups is 9. The number of ether oxygens (including phenoxy) is 7. The summed E-state index contributed by atoms with van der Waals surface area (Å²) in [5, 5.41) is 99.7. The third-order valence-corrected chi connectivity index (χ3v) is 17.9. The van der Waals surface area contributed by atoms with E-state index in [0.717, 1.165) is 38.6 Å². The second-order valence-corrected chi connectivity index (χ2v) is 21.2. The number of nitrogens with one attached hydrogen (secondary N) is 1. The van der Waals surface area contributed by atoms with Crippen LogP contribution in [0.25, 0.3) is 0 Å². The summed E-state index contributed by atoms with van der Waals surface area (Å²) in [7, 11) is 0. The lowest BCUT2D eigenvalue weighted by molar-refractivity contribution is -0.394. The van der Waals surface area contributed by atoms with Crippen LogP contribution in [0.3, 0.4) is 0 Å². The van der Waals surface area contributed by atoms with Crippen LogP contribution in [0.2, 0.25) is 0 Å². The zero-order chi connectivity index (χ0) is 44.2. The first-order valence-electron chi connectivity index (χ1n) is 23.5. The summed E-state index contributed by atoms with van der Waals surface area (Å²) in [6.45, 7) is 10.8. The first kappa shape index (κ1) is 46.2. The molecule has 5 aliphatic heterocycles. The molecule has 5 heterocycles. The lowest BCUT2D eigenvalue weighted by Crippen LogP contribution is -2.67. The van der Waals surface area contributed by atoms with Gasteiger partial charge in [-0.3, -0.25) is 5.32 Å². The van der Waals surface area contributed by atoms with Gasteiger partial charge in [-0.2, -0.15) is 0 Å². The molecular weight excluding hydrogens is 810 g/mol. The van der Waals surface area contributed by atoms with Crippen molar-refractivity contribution in [3.05, 3.63) is 11.6 Å². The molecule has 5 saturated heterocycles. The first-order chi connectivity index (χ1) is 29.4. The van der Waals surface area contributed by atoms with Crippen molar-refractivity contribution in [3.63, 3.8) is 0 Å². The molecule has 17 heteroatoms. The molecule has 26 atom stereocenters. The van der Waals surface area contributed by atoms with E-state index in [2.05, 4.69) is 39.1 Å². The quantitative estimate of drug-likeness (QED) is 0.142. The predicted molar refractivity (Wildman–Crippen MR) is 216 cm³/mol. The van der Waals surface area contributed by atoms with Crippen LogP contribution in [0, 0.1) is 46.3 Å². The van der Waals surface area contributed by atoms with Gasteiger partial charge in [-0.1, -0.05) is 39.3 Å². The van der Waals surface area contributed by atoms with Crippen LogP contribution in [0.5, 0.6) is 0 Å². The summed E-state index contributed by atoms with van der Waals surface area (Å²) in [4.78, 5) is 0. The predicted octanol–water partition coefficient (Wildman–Crippen LogP) is -0.213. The van der Waals surface area contributed by atoms with E-state index in [1.54, 1.807) is 0 Å². The fourth-order valence-corrected chi connectivity index (χ4v) is 14.2. The zero-order valence-electron chi connectivity index (χ0n) is 36.7. The van der Waals surface area contributed by atoms with Gasteiger partial charge in [0, 0.05) is 12.5 Å². The maximum Gasteiger partial charge on any atom is 0.187 e. The van der Waals surface area contributed by atoms with E-state index in [9.17, 15) is 46.0 Å². The Morgan fingerprint density at radius 1 is 0.694 bits per heavy atom. The van der Waals surface area contributed by atoms with Gasteiger partial charge in [-0.15, -0.1) is 0 Å². The standard InChI is InChI=1S/C45H73NO16/c1-19-8-13-45(46-16-19)20(2)30-27(62-45)15-26-24-7-6-22-14-23(9-11-43(22,4)25(24)10-12-44(26,30)5)57-42-39(61-40-36(54)34(52)31(49)21(3)56-40)38(33(51)29(18-48)59-42)60-41-37(55)35(53)32(50)28(17-47)58-41/h6,19-21,23-42,46-55H,7-18H2,1-5H3/t19-,20+,21+,23+,24-,25-,26+,27+,28-,29-,30-,31+,32-,33+,34-,35+,36+,37+,38-,39-,40+,41+,42-,43+,44+,45-/m1/s1. The monoisotopic (exact) mass is 883 g/mol. The van der Waals surface area contributed by atoms with E-state index in [1.807, 2.05) is 0 Å². The van der Waals surface area contributed by atoms with E-state index in [1.165, 1.54) is 25.3 Å². The molecule has 0 unspecified atom stereocenters. The van der Waals surface area contributed by atoms with Crippen molar-refractivity contribution in [2.45, 2.75) is 202 Å². The van der Waals surface area contributed by atoms with Crippen LogP contribution in [0.4, 0.5) is 0 Å². The molecule has 354 valence electrons. The number of aliphatic hydroxyl groups excluding tert-OH is 9. The molecule has 0 aromatic carbocycles. The van der Waals surface area contributed by atoms with Crippen molar-refractivity contribution in [3.8, 4) is 0 Å². The van der Waals surface area contributed by atoms with Crippen molar-refractivity contribution in [1.82, 2.24) is 5.32 Å². The Morgan fingerprint density at radius 2 is 1.35 bits per heavy atom. The maximum atomic E-state index is 11.6. The molecule has 1 spiro atoms. The normalized spacial score (nSPS) is 57.6. The molecule has 3 saturated carbocycles. The van der Waals surface area contributed by atoms with E-state index in [-0.39, 0.29) is 22.7 Å². The molecule has 0 bridgehead atoms. The van der Waals surface area contributed by atoms with E-state index in [0.29, 0.717) is 48.3 Å². The highest BCUT2D eigenvalue weighted by Crippen LogP contribution is 2.70. The Bertz CT molecular complexity index is 1610. The maximum absolute atomic E-state index is 11.6. The third kappa shape index (κ3) is 7.49. The van der Waals surface area contributed by atoms with Gasteiger partial charge >= 0.3 is 0 Å². The summed E-state index contributed by atoms with van der Waals surface area (Å²) >= 11 is 0. The highest BCUT2D eigenvalue weighted by molar-refractivity contribution is 5.26. The largest absolute Gasteiger partial charge is 0.394 e. The molecular formula is C45H73NO16. The van der Waals surface area contributed by atoms with Crippen LogP contribution in [-0.4, -0.2) is 176 Å². The lowest BCUT2D eigenvalue weighted by Gasteiger charge is -2.59. The number of hydrogen-bond acceptors (Lipinski definition) is 17. The first-order valence-corrected chi connectivity index (χ1v) is 23.5. The summed E-state index contributed by atoms with van der Waals surface area (Å²) in [6, 6.07) is 0. The van der Waals surface area contributed by atoms with Gasteiger partial charge < -0.3 is 79.1 Å². The summed E-state index contributed by atoms with van der Waals surface area (Å²) in [5.41, 5.74) is 1.32. The SMILES string of the molecule is C[C@@H]1CC[C@@]2(NC1)O[C@H]1C[C@H]3[C@@H]4CC=C5C[C@@H](O[C@@H]6O[C@H](CO)[C@H](O)[C@@H](O[C@@H]7O[C@H](CO)[C@@H](O)[C@H](O)[C@@H]7O)[C@H]6O[C@@H]6O[C@@H](C)[C@H](O)[C@@H](O)[C@@H]6O)CC[C@]5(C)[C@@H]4CC[C@]3(C)[C@@H]1[C@@H]2C. The highest BCUT2D eigenvalue weighted by atomic mass is 16.8. The van der Waals surface area contributed by atoms with Crippen molar-refractivity contribution in [2.24, 2.45) is 46.3 Å². The zero-order valence-corrected chi connectivity index (χ0v) is 36.7. The van der Waals surface area contributed by atoms with Gasteiger partial charge in [0.25, 0.3) is 0 Å². The van der Waals surface area contributed by atoms with Crippen molar-refractivity contribution in [2.75, 3.05) is 19.8 Å². The lowest BCUT2D eigenvalue weighted by atomic mass is 9.47. The smallest absolute Gasteiger partial charge is 0.187 e. The van der Waals surface area contributed by atoms with Crippen molar-refractivity contribution in [1.29, 1.82) is 0 Å². The fraction of sp³-hybridized carbons (Fsp3) is 0.956. The molecule has 62 heavy (non-hydrogen) atoms. The fourth-order valence-electron chi connectivity index (χ4n) is 14.2. The van der Waals surface area contributed by atoms with Gasteiger partial charge in [-0.05, 0) is 105 Å². The number of rotatable bonds is 8. The molecule has 0 aromatic rings. The summed E-state index contributed by atoms with van der Waals surface area (Å²) < 4.78 is 43.9. The highest BCUT2D eigenvalue weighted by Gasteiger charge is 2.68. The van der Waals surface area contributed by atoms with Crippen LogP contribution < -0.4 is 5.32 Å². The number of piperidine rings is 1. The molecule has 9 rings (SSSR count). The number of fused-ring (bicyclic) bond motifs is 7. The van der Waals surface area contributed by atoms with Gasteiger partial charge in [0.1, 0.15) is 72.9 Å². The minimum atomic E-state index is -1.84. The molecule has 17 nitrogen and oxygen atoms in total. The van der Waals surface area contributed by atoms with E-state index < -0.39 is 111 Å². The molecule has 0 amide bonds. The second-order valence-electron chi connectivity index (χ2n) is 21.2. The van der Waals surface area contributed by atoms with Gasteiger partial charge in [0.2, 0.25) is 0 Å². The molecule has 4 aliphatic carbocycles. The average Bonchev–Trinajstić information content (AvgIpc) is 3.70. The average molecular weight is 884 g/mol. The Labute approximate surface area is 364 Å². The van der Waals surface area contributed by atoms with Crippen LogP contribution >= 0.6 is 0 Å². The van der Waals surface area contributed by atoms with Gasteiger partial charge in [0.15, 0.2) is 18.9 Å². The molecule has 8 fully saturated rings. The molecule has 10 N–H and O–H groups in total. The Kier molecular flexibility index (Phi) is 12.9. The molecule has 0 radical (unpaired) electrons. The molecule has 9 aliphatic rings. The van der Waals surface area contributed by atoms with Crippen molar-refractivity contribution >= 4 is 0 Å². The number of hydrogen-bond donors (Lipinski definition) is 10. The van der Waals surface area contributed by atoms with E-state index >= 15 is 0 Å². The number of allylic oxidation sites excluding steroid dienone is 1. The van der Waals surface area contributed by atoms with Crippen LogP contribution in [0.15, 0.2) is 11.6 Å². The summed E-state index contributed by atoms with van der Waals surface area (Å²) in [5.74, 6) is 3.32. The van der Waals surface area contributed by atoms with Gasteiger partial charge in [-0.25, -0.2) is 0 Å². The molecule has 0 aromatic heterocycles. The topological polar surface area (TPSA) is 259 Å². The third-order valence-electron chi connectivity index (χ3n) is 17.9. The Hall–Kier alpha value is -0.940. The Balaban J connectivity index is 0.940. The Morgan fingerprint density at radius 3 is 2.05 bits per heavy atom. The van der Waals surface area contributed by atoms with Gasteiger partial charge in [0.05, 0.1) is 31.5 Å². The second kappa shape index (κ2) is 17.3. The summed E-state index contributed by atoms with van der Waals surface area (Å²) in [6.07, 6.45) is -11.9. The van der Waals surface area contributed by atoms with Crippen molar-refractivity contribution < 1.29 is 79.1 Å². The minimum absolute atomic E-state index is 0.0361. The minimum Gasteiger partial charge on any atom is -0.394 e.